The summed E-state index contributed by atoms with van der Waals surface area (Å²) in [7, 11) is 1.85. The molecule has 2 saturated heterocycles. The molecular weight excluding hydrogens is 651 g/mol. The number of aryl methyl sites for hydroxylation is 1. The van der Waals surface area contributed by atoms with Crippen LogP contribution >= 0.6 is 11.6 Å². The van der Waals surface area contributed by atoms with Crippen molar-refractivity contribution in [3.63, 3.8) is 0 Å². The lowest BCUT2D eigenvalue weighted by molar-refractivity contribution is -0.144. The van der Waals surface area contributed by atoms with E-state index >= 15 is 4.39 Å². The number of carboxylic acid groups (broad SMARTS) is 1. The zero-order chi connectivity index (χ0) is 34.7. The number of likely N-dealkylation sites (tertiary alicyclic amines) is 2. The van der Waals surface area contributed by atoms with Gasteiger partial charge >= 0.3 is 5.97 Å². The Labute approximate surface area is 291 Å². The summed E-state index contributed by atoms with van der Waals surface area (Å²) in [5, 5.41) is 13.1. The number of halogens is 2. The zero-order valence-corrected chi connectivity index (χ0v) is 29.0. The average Bonchev–Trinajstić information content (AvgIpc) is 3.64. The lowest BCUT2D eigenvalue weighted by atomic mass is 9.87. The van der Waals surface area contributed by atoms with Gasteiger partial charge in [0.05, 0.1) is 59.5 Å². The molecule has 2 amide bonds. The molecule has 3 atom stereocenters. The molecule has 0 radical (unpaired) electrons. The lowest BCUT2D eigenvalue weighted by Crippen LogP contribution is -2.49. The fourth-order valence-corrected chi connectivity index (χ4v) is 8.07. The number of aliphatic carboxylic acids is 1. The summed E-state index contributed by atoms with van der Waals surface area (Å²) in [6.07, 6.45) is 6.94. The molecule has 2 aliphatic heterocycles. The molecule has 1 aromatic heterocycles. The molecule has 0 bridgehead atoms. The number of anilines is 1. The Hall–Kier alpha value is -3.51. The minimum atomic E-state index is -0.764. The Morgan fingerprint density at radius 1 is 1.04 bits per heavy atom. The molecule has 12 heteroatoms. The third-order valence-electron chi connectivity index (χ3n) is 10.5. The van der Waals surface area contributed by atoms with Gasteiger partial charge in [0.2, 0.25) is 5.91 Å². The van der Waals surface area contributed by atoms with Gasteiger partial charge in [-0.1, -0.05) is 36.2 Å². The number of aromatic nitrogens is 1. The van der Waals surface area contributed by atoms with E-state index in [0.29, 0.717) is 44.4 Å². The van der Waals surface area contributed by atoms with E-state index in [4.69, 9.17) is 21.1 Å². The van der Waals surface area contributed by atoms with Gasteiger partial charge in [0, 0.05) is 37.3 Å². The quantitative estimate of drug-likeness (QED) is 0.257. The molecular formula is C37H46ClFN4O6. The molecule has 3 heterocycles. The monoisotopic (exact) mass is 696 g/mol. The first-order valence-corrected chi connectivity index (χ1v) is 17.8. The van der Waals surface area contributed by atoms with E-state index in [1.54, 1.807) is 11.1 Å². The fourth-order valence-electron chi connectivity index (χ4n) is 7.84. The number of benzene rings is 2. The second kappa shape index (κ2) is 15.6. The maximum Gasteiger partial charge on any atom is 0.306 e. The predicted octanol–water partition coefficient (Wildman–Crippen LogP) is 5.90. The highest BCUT2D eigenvalue weighted by molar-refractivity contribution is 6.34. The van der Waals surface area contributed by atoms with Crippen LogP contribution in [0, 0.1) is 11.7 Å². The Kier molecular flexibility index (Phi) is 11.2. The Morgan fingerprint density at radius 3 is 2.49 bits per heavy atom. The second-order valence-electron chi connectivity index (χ2n) is 13.6. The minimum absolute atomic E-state index is 0.0133. The van der Waals surface area contributed by atoms with Gasteiger partial charge < -0.3 is 29.4 Å². The number of hydrogen-bond acceptors (Lipinski definition) is 6. The molecule has 264 valence electrons. The van der Waals surface area contributed by atoms with Crippen LogP contribution in [0.15, 0.2) is 42.6 Å². The molecule has 0 unspecified atom stereocenters. The third kappa shape index (κ3) is 7.80. The van der Waals surface area contributed by atoms with E-state index in [1.807, 2.05) is 42.8 Å². The third-order valence-corrected chi connectivity index (χ3v) is 10.8. The number of nitrogens with zero attached hydrogens (tertiary/aromatic N) is 3. The van der Waals surface area contributed by atoms with E-state index in [1.165, 1.54) is 18.6 Å². The predicted molar refractivity (Wildman–Crippen MR) is 185 cm³/mol. The van der Waals surface area contributed by atoms with Gasteiger partial charge in [-0.25, -0.2) is 4.39 Å². The topological polar surface area (TPSA) is 113 Å². The van der Waals surface area contributed by atoms with Crippen LogP contribution in [0.3, 0.4) is 0 Å². The number of para-hydroxylation sites is 1. The number of piperidine rings is 1. The standard InChI is InChI=1S/C37H46ClFN4O6/c1-3-48-35-32(42-15-7-4-8-16-42)21-43(33(35)22-49-25-13-11-23(12-14-25)37(46)47)34(44)18-24-17-28(38)30(19-29(24)39)40-36(45)27-20-41(2)31-10-6-5-9-26(27)31/h5-6,9-10,17,19-20,23,25,32-33,35H,3-4,7-8,11-16,18,21-22H2,1-2H3,(H,40,45)(H,46,47)/t23-,25-,32-,33-,35+/m1/s1. The summed E-state index contributed by atoms with van der Waals surface area (Å²) in [4.78, 5) is 42.9. The van der Waals surface area contributed by atoms with E-state index in [0.717, 1.165) is 36.8 Å². The Morgan fingerprint density at radius 2 is 1.78 bits per heavy atom. The van der Waals surface area contributed by atoms with Gasteiger partial charge in [-0.3, -0.25) is 19.3 Å². The summed E-state index contributed by atoms with van der Waals surface area (Å²) >= 11 is 6.59. The molecule has 6 rings (SSSR count). The smallest absolute Gasteiger partial charge is 0.306 e. The van der Waals surface area contributed by atoms with Crippen molar-refractivity contribution in [3.8, 4) is 0 Å². The average molecular weight is 697 g/mol. The van der Waals surface area contributed by atoms with Crippen molar-refractivity contribution in [1.82, 2.24) is 14.4 Å². The maximum absolute atomic E-state index is 15.6. The van der Waals surface area contributed by atoms with E-state index in [2.05, 4.69) is 10.2 Å². The number of ether oxygens (including phenoxy) is 2. The first-order valence-electron chi connectivity index (χ1n) is 17.5. The van der Waals surface area contributed by atoms with Crippen molar-refractivity contribution in [2.75, 3.05) is 38.2 Å². The maximum atomic E-state index is 15.6. The van der Waals surface area contributed by atoms with Crippen molar-refractivity contribution in [3.05, 3.63) is 64.6 Å². The summed E-state index contributed by atoms with van der Waals surface area (Å²) in [6.45, 7) is 4.98. The van der Waals surface area contributed by atoms with Crippen LogP contribution in [-0.2, 0) is 32.5 Å². The van der Waals surface area contributed by atoms with Crippen LogP contribution < -0.4 is 5.32 Å². The summed E-state index contributed by atoms with van der Waals surface area (Å²) in [6, 6.07) is 9.71. The highest BCUT2D eigenvalue weighted by atomic mass is 35.5. The number of carbonyl (C=O) groups excluding carboxylic acids is 2. The number of hydrogen-bond donors (Lipinski definition) is 2. The van der Waals surface area contributed by atoms with Crippen LogP contribution in [0.4, 0.5) is 10.1 Å². The molecule has 3 fully saturated rings. The molecule has 3 aromatic rings. The molecule has 3 aliphatic rings. The van der Waals surface area contributed by atoms with Gasteiger partial charge in [0.25, 0.3) is 5.91 Å². The van der Waals surface area contributed by atoms with Crippen molar-refractivity contribution in [2.24, 2.45) is 13.0 Å². The zero-order valence-electron chi connectivity index (χ0n) is 28.2. The first-order chi connectivity index (χ1) is 23.6. The number of carboxylic acids is 1. The number of rotatable bonds is 11. The van der Waals surface area contributed by atoms with Crippen LogP contribution in [0.5, 0.6) is 0 Å². The van der Waals surface area contributed by atoms with E-state index < -0.39 is 17.7 Å². The van der Waals surface area contributed by atoms with Crippen molar-refractivity contribution in [2.45, 2.75) is 82.6 Å². The van der Waals surface area contributed by atoms with Gasteiger partial charge in [0.15, 0.2) is 0 Å². The first kappa shape index (κ1) is 35.3. The van der Waals surface area contributed by atoms with Gasteiger partial charge in [-0.2, -0.15) is 0 Å². The molecule has 1 saturated carbocycles. The van der Waals surface area contributed by atoms with Gasteiger partial charge in [-0.15, -0.1) is 0 Å². The van der Waals surface area contributed by atoms with Crippen LogP contribution in [0.25, 0.3) is 10.9 Å². The molecule has 10 nitrogen and oxygen atoms in total. The van der Waals surface area contributed by atoms with E-state index in [-0.39, 0.29) is 65.4 Å². The van der Waals surface area contributed by atoms with Crippen LogP contribution in [-0.4, -0.2) is 94.4 Å². The summed E-state index contributed by atoms with van der Waals surface area (Å²) in [5.41, 5.74) is 1.60. The van der Waals surface area contributed by atoms with Crippen molar-refractivity contribution < 1.29 is 33.4 Å². The van der Waals surface area contributed by atoms with Gasteiger partial charge in [-0.05, 0) is 82.3 Å². The Balaban J connectivity index is 1.18. The highest BCUT2D eigenvalue weighted by Gasteiger charge is 2.47. The van der Waals surface area contributed by atoms with E-state index in [9.17, 15) is 19.5 Å². The molecule has 1 aliphatic carbocycles. The summed E-state index contributed by atoms with van der Waals surface area (Å²) in [5.74, 6) is -2.41. The van der Waals surface area contributed by atoms with Crippen molar-refractivity contribution >= 4 is 46.0 Å². The Bertz CT molecular complexity index is 1670. The summed E-state index contributed by atoms with van der Waals surface area (Å²) < 4.78 is 30.2. The number of carbonyl (C=O) groups is 3. The number of fused-ring (bicyclic) bond motifs is 1. The lowest BCUT2D eigenvalue weighted by Gasteiger charge is -2.36. The van der Waals surface area contributed by atoms with Crippen LogP contribution in [0.1, 0.15) is 67.8 Å². The SMILES string of the molecule is CCO[C@H]1[C@H](N2CCCCC2)CN(C(=O)Cc2cc(Cl)c(NC(=O)c3cn(C)c4ccccc34)cc2F)[C@@H]1CO[C@H]1CC[C@H](C(=O)O)CC1. The number of amides is 2. The molecule has 2 aromatic carbocycles. The second-order valence-corrected chi connectivity index (χ2v) is 14.0. The largest absolute Gasteiger partial charge is 0.481 e. The normalized spacial score (nSPS) is 24.7. The van der Waals surface area contributed by atoms with Crippen LogP contribution in [0.2, 0.25) is 5.02 Å². The van der Waals surface area contributed by atoms with Crippen molar-refractivity contribution in [1.29, 1.82) is 0 Å². The minimum Gasteiger partial charge on any atom is -0.481 e. The molecule has 49 heavy (non-hydrogen) atoms. The number of nitrogens with one attached hydrogen (secondary N) is 1. The fraction of sp³-hybridized carbons (Fsp3) is 0.541. The molecule has 0 spiro atoms. The highest BCUT2D eigenvalue weighted by Crippen LogP contribution is 2.33. The van der Waals surface area contributed by atoms with Gasteiger partial charge in [0.1, 0.15) is 5.82 Å². The molecule has 2 N–H and O–H groups in total.